The third-order valence-corrected chi connectivity index (χ3v) is 2.81. The molecule has 0 unspecified atom stereocenters. The molecule has 2 aromatic heterocycles. The summed E-state index contributed by atoms with van der Waals surface area (Å²) in [6.45, 7) is 0. The second-order valence-corrected chi connectivity index (χ2v) is 4.08. The van der Waals surface area contributed by atoms with E-state index in [1.807, 2.05) is 0 Å². The molecule has 0 aliphatic carbocycles. The number of hydrogen-bond acceptors (Lipinski definition) is 2. The van der Waals surface area contributed by atoms with Crippen LogP contribution in [0, 0.1) is 0 Å². The van der Waals surface area contributed by atoms with E-state index in [0.29, 0.717) is 10.9 Å². The summed E-state index contributed by atoms with van der Waals surface area (Å²) in [5.74, 6) is -0.583. The molecule has 78 valence electrons. The van der Waals surface area contributed by atoms with Gasteiger partial charge in [0, 0.05) is 23.1 Å². The standard InChI is InChI=1S/C9H8BrN3O2/c1-13-3-5(10)4-2-6(8(11)14)12-7(4)9(13)15/h2-3,12H,1H3,(H2,11,14). The minimum Gasteiger partial charge on any atom is -0.364 e. The third kappa shape index (κ3) is 1.46. The van der Waals surface area contributed by atoms with Crippen molar-refractivity contribution >= 4 is 32.7 Å². The number of H-pyrrole nitrogens is 1. The molecule has 0 aliphatic rings. The summed E-state index contributed by atoms with van der Waals surface area (Å²) in [5.41, 5.74) is 5.53. The number of aromatic amines is 1. The van der Waals surface area contributed by atoms with E-state index in [2.05, 4.69) is 20.9 Å². The maximum atomic E-state index is 11.7. The maximum absolute atomic E-state index is 11.7. The average molecular weight is 270 g/mol. The molecule has 2 heterocycles. The number of nitrogens with zero attached hydrogens (tertiary/aromatic N) is 1. The first kappa shape index (κ1) is 9.97. The van der Waals surface area contributed by atoms with E-state index < -0.39 is 5.91 Å². The number of hydrogen-bond donors (Lipinski definition) is 2. The number of amides is 1. The SMILES string of the molecule is Cn1cc(Br)c2cc(C(N)=O)[nH]c2c1=O. The highest BCUT2D eigenvalue weighted by atomic mass is 79.9. The molecule has 2 aromatic rings. The number of rotatable bonds is 1. The van der Waals surface area contributed by atoms with Crippen molar-refractivity contribution in [1.29, 1.82) is 0 Å². The van der Waals surface area contributed by atoms with Gasteiger partial charge in [-0.25, -0.2) is 0 Å². The van der Waals surface area contributed by atoms with Crippen molar-refractivity contribution in [2.45, 2.75) is 0 Å². The highest BCUT2D eigenvalue weighted by Gasteiger charge is 2.11. The number of aromatic nitrogens is 2. The lowest BCUT2D eigenvalue weighted by molar-refractivity contribution is 0.0996. The first-order valence-electron chi connectivity index (χ1n) is 4.18. The van der Waals surface area contributed by atoms with E-state index in [0.717, 1.165) is 4.47 Å². The Morgan fingerprint density at radius 1 is 1.60 bits per heavy atom. The van der Waals surface area contributed by atoms with E-state index in [1.165, 1.54) is 4.57 Å². The molecule has 0 spiro atoms. The van der Waals surface area contributed by atoms with Gasteiger partial charge < -0.3 is 15.3 Å². The maximum Gasteiger partial charge on any atom is 0.274 e. The van der Waals surface area contributed by atoms with Gasteiger partial charge in [-0.05, 0) is 22.0 Å². The van der Waals surface area contributed by atoms with Crippen molar-refractivity contribution in [2.75, 3.05) is 0 Å². The van der Waals surface area contributed by atoms with Crippen LogP contribution in [-0.2, 0) is 7.05 Å². The first-order valence-corrected chi connectivity index (χ1v) is 4.97. The Morgan fingerprint density at radius 3 is 2.87 bits per heavy atom. The van der Waals surface area contributed by atoms with Gasteiger partial charge >= 0.3 is 0 Å². The molecule has 6 heteroatoms. The molecule has 1 amide bonds. The van der Waals surface area contributed by atoms with Crippen LogP contribution in [0.5, 0.6) is 0 Å². The fourth-order valence-electron chi connectivity index (χ4n) is 1.42. The van der Waals surface area contributed by atoms with Gasteiger partial charge in [0.25, 0.3) is 11.5 Å². The van der Waals surface area contributed by atoms with Crippen molar-refractivity contribution in [3.8, 4) is 0 Å². The summed E-state index contributed by atoms with van der Waals surface area (Å²) in [7, 11) is 1.64. The molecule has 3 N–H and O–H groups in total. The monoisotopic (exact) mass is 269 g/mol. The summed E-state index contributed by atoms with van der Waals surface area (Å²) in [6.07, 6.45) is 1.64. The average Bonchev–Trinajstić information content (AvgIpc) is 2.59. The van der Waals surface area contributed by atoms with Gasteiger partial charge in [-0.2, -0.15) is 0 Å². The summed E-state index contributed by atoms with van der Waals surface area (Å²) >= 11 is 3.31. The van der Waals surface area contributed by atoms with Crippen LogP contribution in [0.1, 0.15) is 10.5 Å². The summed E-state index contributed by atoms with van der Waals surface area (Å²) in [4.78, 5) is 25.3. The molecular weight excluding hydrogens is 262 g/mol. The zero-order valence-electron chi connectivity index (χ0n) is 7.87. The predicted molar refractivity (Wildman–Crippen MR) is 59.8 cm³/mol. The Morgan fingerprint density at radius 2 is 2.27 bits per heavy atom. The summed E-state index contributed by atoms with van der Waals surface area (Å²) in [5, 5.41) is 0.659. The lowest BCUT2D eigenvalue weighted by Crippen LogP contribution is -2.16. The second-order valence-electron chi connectivity index (χ2n) is 3.23. The molecular formula is C9H8BrN3O2. The number of primary amides is 1. The molecule has 2 rings (SSSR count). The highest BCUT2D eigenvalue weighted by molar-refractivity contribution is 9.10. The van der Waals surface area contributed by atoms with Crippen LogP contribution in [0.2, 0.25) is 0 Å². The van der Waals surface area contributed by atoms with Crippen molar-refractivity contribution < 1.29 is 4.79 Å². The van der Waals surface area contributed by atoms with E-state index >= 15 is 0 Å². The number of aryl methyl sites for hydroxylation is 1. The predicted octanol–water partition coefficient (Wildman–Crippen LogP) is 0.728. The molecule has 0 radical (unpaired) electrons. The number of fused-ring (bicyclic) bond motifs is 1. The second kappa shape index (κ2) is 3.23. The van der Waals surface area contributed by atoms with Crippen LogP contribution in [0.4, 0.5) is 0 Å². The Labute approximate surface area is 93.0 Å². The molecule has 0 fully saturated rings. The zero-order valence-corrected chi connectivity index (χ0v) is 9.46. The van der Waals surface area contributed by atoms with Gasteiger partial charge in [0.15, 0.2) is 0 Å². The van der Waals surface area contributed by atoms with Gasteiger partial charge in [-0.15, -0.1) is 0 Å². The van der Waals surface area contributed by atoms with E-state index in [1.54, 1.807) is 19.3 Å². The molecule has 0 saturated carbocycles. The van der Waals surface area contributed by atoms with Crippen LogP contribution in [-0.4, -0.2) is 15.5 Å². The molecule has 0 saturated heterocycles. The number of carbonyl (C=O) groups excluding carboxylic acids is 1. The van der Waals surface area contributed by atoms with Crippen molar-refractivity contribution in [2.24, 2.45) is 12.8 Å². The fourth-order valence-corrected chi connectivity index (χ4v) is 2.04. The van der Waals surface area contributed by atoms with Gasteiger partial charge in [0.1, 0.15) is 11.2 Å². The van der Waals surface area contributed by atoms with Crippen LogP contribution >= 0.6 is 15.9 Å². The van der Waals surface area contributed by atoms with E-state index in [9.17, 15) is 9.59 Å². The lowest BCUT2D eigenvalue weighted by Gasteiger charge is -1.98. The molecule has 15 heavy (non-hydrogen) atoms. The molecule has 0 aliphatic heterocycles. The quantitative estimate of drug-likeness (QED) is 0.800. The third-order valence-electron chi connectivity index (χ3n) is 2.18. The summed E-state index contributed by atoms with van der Waals surface area (Å²) < 4.78 is 2.16. The van der Waals surface area contributed by atoms with Gasteiger partial charge in [-0.1, -0.05) is 0 Å². The van der Waals surface area contributed by atoms with Gasteiger partial charge in [0.2, 0.25) is 0 Å². The Hall–Kier alpha value is -1.56. The van der Waals surface area contributed by atoms with E-state index in [4.69, 9.17) is 5.73 Å². The lowest BCUT2D eigenvalue weighted by atomic mass is 10.3. The molecule has 0 bridgehead atoms. The molecule has 5 nitrogen and oxygen atoms in total. The minimum absolute atomic E-state index is 0.194. The number of nitrogens with two attached hydrogens (primary N) is 1. The van der Waals surface area contributed by atoms with Crippen LogP contribution in [0.15, 0.2) is 21.5 Å². The van der Waals surface area contributed by atoms with Crippen molar-refractivity contribution in [1.82, 2.24) is 9.55 Å². The minimum atomic E-state index is -0.583. The highest BCUT2D eigenvalue weighted by Crippen LogP contribution is 2.21. The van der Waals surface area contributed by atoms with Crippen LogP contribution in [0.3, 0.4) is 0 Å². The Kier molecular flexibility index (Phi) is 2.15. The summed E-state index contributed by atoms with van der Waals surface area (Å²) in [6, 6.07) is 1.56. The van der Waals surface area contributed by atoms with Crippen molar-refractivity contribution in [3.63, 3.8) is 0 Å². The number of pyridine rings is 1. The Bertz CT molecular complexity index is 612. The van der Waals surface area contributed by atoms with Crippen LogP contribution < -0.4 is 11.3 Å². The van der Waals surface area contributed by atoms with Gasteiger partial charge in [0.05, 0.1) is 0 Å². The Balaban J connectivity index is 2.92. The van der Waals surface area contributed by atoms with E-state index in [-0.39, 0.29) is 11.3 Å². The number of carbonyl (C=O) groups is 1. The molecule has 0 aromatic carbocycles. The van der Waals surface area contributed by atoms with Gasteiger partial charge in [-0.3, -0.25) is 9.59 Å². The normalized spacial score (nSPS) is 10.8. The zero-order chi connectivity index (χ0) is 11.2. The van der Waals surface area contributed by atoms with Crippen molar-refractivity contribution in [3.05, 3.63) is 32.8 Å². The number of halogens is 1. The number of nitrogens with one attached hydrogen (secondary N) is 1. The topological polar surface area (TPSA) is 80.9 Å². The molecule has 0 atom stereocenters. The first-order chi connectivity index (χ1) is 7.00. The largest absolute Gasteiger partial charge is 0.364 e. The smallest absolute Gasteiger partial charge is 0.274 e. The fraction of sp³-hybridized carbons (Fsp3) is 0.111. The van der Waals surface area contributed by atoms with Crippen LogP contribution in [0.25, 0.3) is 10.9 Å².